The van der Waals surface area contributed by atoms with Gasteiger partial charge < -0.3 is 15.8 Å². The fraction of sp³-hybridized carbons (Fsp3) is 0.588. The Morgan fingerprint density at radius 3 is 2.52 bits per heavy atom. The second-order valence-electron chi connectivity index (χ2n) is 6.46. The van der Waals surface area contributed by atoms with Crippen molar-refractivity contribution in [2.75, 3.05) is 6.54 Å². The summed E-state index contributed by atoms with van der Waals surface area (Å²) in [6, 6.07) is 9.85. The van der Waals surface area contributed by atoms with Crippen LogP contribution in [-0.4, -0.2) is 18.7 Å². The van der Waals surface area contributed by atoms with Gasteiger partial charge in [-0.25, -0.2) is 4.79 Å². The molecule has 0 aliphatic carbocycles. The Labute approximate surface area is 128 Å². The van der Waals surface area contributed by atoms with Crippen LogP contribution < -0.4 is 11.1 Å². The zero-order chi connectivity index (χ0) is 15.7. The van der Waals surface area contributed by atoms with E-state index in [0.717, 1.165) is 24.8 Å². The van der Waals surface area contributed by atoms with E-state index in [9.17, 15) is 4.79 Å². The number of carbonyl (C=O) groups excluding carboxylic acids is 1. The van der Waals surface area contributed by atoms with Crippen molar-refractivity contribution in [3.05, 3.63) is 35.9 Å². The van der Waals surface area contributed by atoms with Gasteiger partial charge >= 0.3 is 6.09 Å². The van der Waals surface area contributed by atoms with Gasteiger partial charge in [0.1, 0.15) is 6.61 Å². The van der Waals surface area contributed by atoms with Gasteiger partial charge in [-0.15, -0.1) is 0 Å². The van der Waals surface area contributed by atoms with Crippen LogP contribution in [0.1, 0.15) is 45.6 Å². The van der Waals surface area contributed by atoms with E-state index in [0.29, 0.717) is 13.2 Å². The molecule has 1 unspecified atom stereocenters. The first-order chi connectivity index (χ1) is 9.89. The summed E-state index contributed by atoms with van der Waals surface area (Å²) in [7, 11) is 0. The largest absolute Gasteiger partial charge is 0.445 e. The second-order valence-corrected chi connectivity index (χ2v) is 6.46. The molecule has 0 aliphatic rings. The Bertz CT molecular complexity index is 413. The molecule has 0 saturated heterocycles. The summed E-state index contributed by atoms with van der Waals surface area (Å²) in [4.78, 5) is 11.5. The van der Waals surface area contributed by atoms with Crippen molar-refractivity contribution < 1.29 is 9.53 Å². The highest BCUT2D eigenvalue weighted by Gasteiger charge is 2.19. The third-order valence-corrected chi connectivity index (χ3v) is 3.54. The molecular formula is C17H28N2O2. The Morgan fingerprint density at radius 2 is 1.90 bits per heavy atom. The molecule has 0 fully saturated rings. The first kappa shape index (κ1) is 17.5. The fourth-order valence-electron chi connectivity index (χ4n) is 1.89. The van der Waals surface area contributed by atoms with E-state index in [4.69, 9.17) is 10.5 Å². The molecule has 1 aromatic carbocycles. The van der Waals surface area contributed by atoms with Crippen LogP contribution in [0.5, 0.6) is 0 Å². The summed E-state index contributed by atoms with van der Waals surface area (Å²) < 4.78 is 5.14. The lowest BCUT2D eigenvalue weighted by Crippen LogP contribution is -2.35. The average Bonchev–Trinajstić information content (AvgIpc) is 2.44. The highest BCUT2D eigenvalue weighted by molar-refractivity contribution is 5.67. The van der Waals surface area contributed by atoms with Crippen LogP contribution in [-0.2, 0) is 11.3 Å². The molecule has 3 N–H and O–H groups in total. The Morgan fingerprint density at radius 1 is 1.24 bits per heavy atom. The minimum Gasteiger partial charge on any atom is -0.445 e. The van der Waals surface area contributed by atoms with Gasteiger partial charge in [0, 0.05) is 12.6 Å². The second kappa shape index (κ2) is 8.67. The number of alkyl carbamates (subject to hydrolysis) is 1. The van der Waals surface area contributed by atoms with E-state index >= 15 is 0 Å². The van der Waals surface area contributed by atoms with Gasteiger partial charge in [0.25, 0.3) is 0 Å². The first-order valence-corrected chi connectivity index (χ1v) is 7.59. The number of ether oxygens (including phenoxy) is 1. The predicted molar refractivity (Wildman–Crippen MR) is 85.9 cm³/mol. The molecule has 1 atom stereocenters. The fourth-order valence-corrected chi connectivity index (χ4v) is 1.89. The predicted octanol–water partition coefficient (Wildman–Crippen LogP) is 3.46. The maximum Gasteiger partial charge on any atom is 0.407 e. The number of hydrogen-bond acceptors (Lipinski definition) is 3. The molecule has 4 nitrogen and oxygen atoms in total. The summed E-state index contributed by atoms with van der Waals surface area (Å²) in [5.41, 5.74) is 7.22. The van der Waals surface area contributed by atoms with E-state index in [1.807, 2.05) is 30.3 Å². The van der Waals surface area contributed by atoms with Gasteiger partial charge in [-0.3, -0.25) is 0 Å². The monoisotopic (exact) mass is 292 g/mol. The standard InChI is InChI=1S/C17H28N2O2/c1-17(2,3)15(18)11-7-8-12-19-16(20)21-13-14-9-5-4-6-10-14/h4-6,9-10,15H,7-8,11-13,18H2,1-3H3,(H,19,20). The van der Waals surface area contributed by atoms with E-state index < -0.39 is 0 Å². The van der Waals surface area contributed by atoms with E-state index in [2.05, 4.69) is 26.1 Å². The minimum atomic E-state index is -0.362. The molecule has 1 amide bonds. The number of nitrogens with one attached hydrogen (secondary N) is 1. The molecule has 0 saturated carbocycles. The molecule has 0 aromatic heterocycles. The summed E-state index contributed by atoms with van der Waals surface area (Å²) in [6.45, 7) is 7.39. The summed E-state index contributed by atoms with van der Waals surface area (Å²) in [5.74, 6) is 0. The summed E-state index contributed by atoms with van der Waals surface area (Å²) >= 11 is 0. The molecule has 0 spiro atoms. The maximum absolute atomic E-state index is 11.5. The van der Waals surface area contributed by atoms with E-state index in [-0.39, 0.29) is 17.6 Å². The van der Waals surface area contributed by atoms with E-state index in [1.54, 1.807) is 0 Å². The lowest BCUT2D eigenvalue weighted by atomic mass is 9.84. The minimum absolute atomic E-state index is 0.141. The van der Waals surface area contributed by atoms with Crippen molar-refractivity contribution in [2.45, 2.75) is 52.7 Å². The number of rotatable bonds is 7. The third kappa shape index (κ3) is 7.71. The van der Waals surface area contributed by atoms with Gasteiger partial charge in [0.05, 0.1) is 0 Å². The topological polar surface area (TPSA) is 64.3 Å². The highest BCUT2D eigenvalue weighted by atomic mass is 16.5. The number of hydrogen-bond donors (Lipinski definition) is 2. The zero-order valence-electron chi connectivity index (χ0n) is 13.4. The molecular weight excluding hydrogens is 264 g/mol. The van der Waals surface area contributed by atoms with Crippen LogP contribution >= 0.6 is 0 Å². The molecule has 0 heterocycles. The smallest absolute Gasteiger partial charge is 0.407 e. The maximum atomic E-state index is 11.5. The SMILES string of the molecule is CC(C)(C)C(N)CCCCNC(=O)OCc1ccccc1. The number of unbranched alkanes of at least 4 members (excludes halogenated alkanes) is 1. The third-order valence-electron chi connectivity index (χ3n) is 3.54. The van der Waals surface area contributed by atoms with Crippen LogP contribution in [0.2, 0.25) is 0 Å². The van der Waals surface area contributed by atoms with Crippen molar-refractivity contribution in [1.82, 2.24) is 5.32 Å². The van der Waals surface area contributed by atoms with Crippen molar-refractivity contribution in [2.24, 2.45) is 11.1 Å². The summed E-state index contributed by atoms with van der Waals surface area (Å²) in [6.07, 6.45) is 2.55. The zero-order valence-corrected chi connectivity index (χ0v) is 13.4. The molecule has 21 heavy (non-hydrogen) atoms. The van der Waals surface area contributed by atoms with Crippen LogP contribution in [0.3, 0.4) is 0 Å². The molecule has 0 radical (unpaired) electrons. The van der Waals surface area contributed by atoms with Gasteiger partial charge in [-0.1, -0.05) is 57.5 Å². The highest BCUT2D eigenvalue weighted by Crippen LogP contribution is 2.21. The molecule has 118 valence electrons. The average molecular weight is 292 g/mol. The van der Waals surface area contributed by atoms with Gasteiger partial charge in [0.15, 0.2) is 0 Å². The Balaban J connectivity index is 2.06. The number of benzene rings is 1. The van der Waals surface area contributed by atoms with Crippen molar-refractivity contribution in [3.63, 3.8) is 0 Å². The number of nitrogens with two attached hydrogens (primary N) is 1. The Hall–Kier alpha value is -1.55. The normalized spacial score (nSPS) is 12.8. The van der Waals surface area contributed by atoms with Crippen LogP contribution in [0, 0.1) is 5.41 Å². The number of carbonyl (C=O) groups is 1. The molecule has 4 heteroatoms. The molecule has 0 bridgehead atoms. The van der Waals surface area contributed by atoms with Crippen molar-refractivity contribution >= 4 is 6.09 Å². The van der Waals surface area contributed by atoms with Gasteiger partial charge in [0.2, 0.25) is 0 Å². The number of amides is 1. The van der Waals surface area contributed by atoms with E-state index in [1.165, 1.54) is 0 Å². The Kier molecular flexibility index (Phi) is 7.23. The lowest BCUT2D eigenvalue weighted by Gasteiger charge is -2.26. The van der Waals surface area contributed by atoms with Crippen LogP contribution in [0.15, 0.2) is 30.3 Å². The van der Waals surface area contributed by atoms with Gasteiger partial charge in [-0.05, 0) is 23.8 Å². The van der Waals surface area contributed by atoms with Crippen molar-refractivity contribution in [1.29, 1.82) is 0 Å². The molecule has 1 aromatic rings. The molecule has 0 aliphatic heterocycles. The lowest BCUT2D eigenvalue weighted by molar-refractivity contribution is 0.139. The quantitative estimate of drug-likeness (QED) is 0.756. The van der Waals surface area contributed by atoms with Crippen molar-refractivity contribution in [3.8, 4) is 0 Å². The summed E-state index contributed by atoms with van der Waals surface area (Å²) in [5, 5.41) is 2.76. The van der Waals surface area contributed by atoms with Crippen LogP contribution in [0.25, 0.3) is 0 Å². The van der Waals surface area contributed by atoms with Crippen LogP contribution in [0.4, 0.5) is 4.79 Å². The van der Waals surface area contributed by atoms with Gasteiger partial charge in [-0.2, -0.15) is 0 Å². The molecule has 1 rings (SSSR count). The first-order valence-electron chi connectivity index (χ1n) is 7.59.